The second kappa shape index (κ2) is 18.3. The van der Waals surface area contributed by atoms with E-state index in [9.17, 15) is 40.2 Å². The predicted octanol–water partition coefficient (Wildman–Crippen LogP) is 6.90. The lowest BCUT2D eigenvalue weighted by Gasteiger charge is -2.23. The molecule has 0 saturated carbocycles. The number of nitrogens with one attached hydrogen (secondary N) is 1. The molecule has 0 aliphatic heterocycles. The van der Waals surface area contributed by atoms with Gasteiger partial charge >= 0.3 is 5.24 Å². The second-order valence-corrected chi connectivity index (χ2v) is 16.4. The van der Waals surface area contributed by atoms with Crippen LogP contribution in [0.25, 0.3) is 33.9 Å². The fraction of sp³-hybridized carbons (Fsp3) is 0.263. The Morgan fingerprint density at radius 2 is 1.25 bits per heavy atom. The van der Waals surface area contributed by atoms with E-state index in [-0.39, 0.29) is 36.2 Å². The van der Waals surface area contributed by atoms with Gasteiger partial charge in [-0.25, -0.2) is 9.37 Å². The predicted molar refractivity (Wildman–Crippen MR) is 220 cm³/mol. The molecular formula is C38H42FN5O10S3. The fourth-order valence-corrected chi connectivity index (χ4v) is 7.51. The van der Waals surface area contributed by atoms with Crippen molar-refractivity contribution in [3.8, 4) is 51.2 Å². The van der Waals surface area contributed by atoms with Crippen molar-refractivity contribution in [2.45, 2.75) is 13.8 Å². The maximum absolute atomic E-state index is 14.5. The molecule has 0 saturated heterocycles. The van der Waals surface area contributed by atoms with Gasteiger partial charge in [0.1, 0.15) is 11.6 Å². The van der Waals surface area contributed by atoms with E-state index in [1.54, 1.807) is 58.3 Å². The average Bonchev–Trinajstić information content (AvgIpc) is 3.58. The van der Waals surface area contributed by atoms with E-state index in [1.807, 2.05) is 13.8 Å². The monoisotopic (exact) mass is 843 g/mol. The van der Waals surface area contributed by atoms with E-state index in [0.717, 1.165) is 0 Å². The third-order valence-electron chi connectivity index (χ3n) is 8.91. The number of aromatic hydroxyl groups is 1. The molecular weight excluding hydrogens is 802 g/mol. The Morgan fingerprint density at radius 3 is 1.68 bits per heavy atom. The molecule has 0 unspecified atom stereocenters. The first-order valence-corrected chi connectivity index (χ1v) is 21.5. The zero-order valence-corrected chi connectivity index (χ0v) is 33.9. The van der Waals surface area contributed by atoms with Crippen LogP contribution >= 0.6 is 11.9 Å². The fourth-order valence-electron chi connectivity index (χ4n) is 6.00. The van der Waals surface area contributed by atoms with Crippen LogP contribution in [0, 0.1) is 5.82 Å². The van der Waals surface area contributed by atoms with Crippen LogP contribution in [-0.4, -0.2) is 97.7 Å². The maximum Gasteiger partial charge on any atom is 0.312 e. The molecule has 5 aromatic rings. The van der Waals surface area contributed by atoms with Gasteiger partial charge in [-0.05, 0) is 74.5 Å². The minimum absolute atomic E-state index is 0.0298. The summed E-state index contributed by atoms with van der Waals surface area (Å²) in [4.78, 5) is 23.1. The Hall–Kier alpha value is -5.34. The number of carbonyl (C=O) groups is 1. The smallest absolute Gasteiger partial charge is 0.312 e. The summed E-state index contributed by atoms with van der Waals surface area (Å²) >= 11 is 0.710. The van der Waals surface area contributed by atoms with Gasteiger partial charge < -0.3 is 29.1 Å². The number of methoxy groups -OCH3 is 2. The van der Waals surface area contributed by atoms with Gasteiger partial charge in [-0.2, -0.15) is 16.8 Å². The highest BCUT2D eigenvalue weighted by Gasteiger charge is 2.28. The maximum atomic E-state index is 14.5. The Balaban J connectivity index is 1.72. The van der Waals surface area contributed by atoms with Crippen LogP contribution in [0.15, 0.2) is 84.9 Å². The van der Waals surface area contributed by atoms with Crippen molar-refractivity contribution in [1.29, 1.82) is 0 Å². The molecule has 4 aromatic carbocycles. The SMILES string of the molecule is CCN(CCS(=O)(=O)O)c1ccc(-c2nc(-c3cc(OC)c(O)c(OC)c3)n(C(=O)SNc3ccc(F)cc3)c2-c2ccc(N(CC)CCS(=O)(=O)O)cc2)cc1. The minimum atomic E-state index is -4.22. The van der Waals surface area contributed by atoms with Gasteiger partial charge in [-0.15, -0.1) is 0 Å². The van der Waals surface area contributed by atoms with Gasteiger partial charge in [0.15, 0.2) is 11.5 Å². The summed E-state index contributed by atoms with van der Waals surface area (Å²) < 4.78 is 93.6. The third kappa shape index (κ3) is 10.7. The number of carbonyl (C=O) groups excluding carboxylic acids is 1. The van der Waals surface area contributed by atoms with Gasteiger partial charge in [0.25, 0.3) is 20.2 Å². The van der Waals surface area contributed by atoms with Gasteiger partial charge in [0, 0.05) is 71.9 Å². The summed E-state index contributed by atoms with van der Waals surface area (Å²) in [5, 5.41) is 10.2. The standard InChI is InChI=1S/C38H42FN5O10S3/c1-5-42(19-21-56(47,48)49)30-15-7-25(8-16-30)34-35(26-9-17-31(18-10-26)43(6-2)20-22-57(50,51)52)44(38(46)55-41-29-13-11-28(39)12-14-29)37(40-34)27-23-32(53-3)36(45)33(24-27)54-4/h7-18,23-24,41,45H,5-6,19-22H2,1-4H3,(H,47,48,49)(H,50,51,52). The van der Waals surface area contributed by atoms with E-state index < -0.39 is 42.8 Å². The van der Waals surface area contributed by atoms with Crippen molar-refractivity contribution in [1.82, 2.24) is 9.55 Å². The molecule has 0 amide bonds. The van der Waals surface area contributed by atoms with Crippen molar-refractivity contribution < 1.29 is 49.7 Å². The first kappa shape index (κ1) is 42.8. The van der Waals surface area contributed by atoms with Crippen molar-refractivity contribution in [2.24, 2.45) is 0 Å². The van der Waals surface area contributed by atoms with Gasteiger partial charge in [-0.1, -0.05) is 24.3 Å². The van der Waals surface area contributed by atoms with Crippen LogP contribution in [0.5, 0.6) is 17.2 Å². The average molecular weight is 844 g/mol. The number of nitrogens with zero attached hydrogens (tertiary/aromatic N) is 4. The molecule has 0 aliphatic carbocycles. The number of rotatable bonds is 17. The molecule has 0 spiro atoms. The summed E-state index contributed by atoms with van der Waals surface area (Å²) in [5.74, 6) is -1.43. The molecule has 0 aliphatic rings. The molecule has 0 bridgehead atoms. The molecule has 1 aromatic heterocycles. The summed E-state index contributed by atoms with van der Waals surface area (Å²) in [7, 11) is -5.69. The largest absolute Gasteiger partial charge is 0.502 e. The lowest BCUT2D eigenvalue weighted by Crippen LogP contribution is -2.28. The molecule has 5 rings (SSSR count). The Kier molecular flexibility index (Phi) is 13.7. The van der Waals surface area contributed by atoms with Crippen LogP contribution in [0.1, 0.15) is 13.8 Å². The number of halogens is 1. The number of benzene rings is 4. The van der Waals surface area contributed by atoms with E-state index in [1.165, 1.54) is 55.2 Å². The van der Waals surface area contributed by atoms with E-state index in [2.05, 4.69) is 4.72 Å². The van der Waals surface area contributed by atoms with Crippen molar-refractivity contribution in [2.75, 3.05) is 66.4 Å². The summed E-state index contributed by atoms with van der Waals surface area (Å²) in [6, 6.07) is 22.5. The van der Waals surface area contributed by atoms with E-state index >= 15 is 0 Å². The van der Waals surface area contributed by atoms with Crippen molar-refractivity contribution >= 4 is 54.5 Å². The molecule has 0 fully saturated rings. The van der Waals surface area contributed by atoms with Crippen LogP contribution in [0.3, 0.4) is 0 Å². The number of anilines is 3. The second-order valence-electron chi connectivity index (χ2n) is 12.5. The minimum Gasteiger partial charge on any atom is -0.502 e. The number of phenols is 1. The Labute approximate surface area is 334 Å². The van der Waals surface area contributed by atoms with Crippen LogP contribution in [-0.2, 0) is 20.2 Å². The first-order valence-electron chi connectivity index (χ1n) is 17.5. The number of imidazole rings is 1. The van der Waals surface area contributed by atoms with Crippen molar-refractivity contribution in [3.05, 3.63) is 90.7 Å². The molecule has 19 heteroatoms. The normalized spacial score (nSPS) is 11.6. The highest BCUT2D eigenvalue weighted by Crippen LogP contribution is 2.44. The third-order valence-corrected chi connectivity index (χ3v) is 11.0. The summed E-state index contributed by atoms with van der Waals surface area (Å²) in [6.45, 7) is 4.64. The lowest BCUT2D eigenvalue weighted by atomic mass is 10.0. The van der Waals surface area contributed by atoms with Crippen LogP contribution in [0.2, 0.25) is 0 Å². The molecule has 1 heterocycles. The van der Waals surface area contributed by atoms with Gasteiger partial charge in [0.2, 0.25) is 5.75 Å². The molecule has 57 heavy (non-hydrogen) atoms. The van der Waals surface area contributed by atoms with Gasteiger partial charge in [0.05, 0.1) is 37.1 Å². The Morgan fingerprint density at radius 1 is 0.772 bits per heavy atom. The number of hydrogen-bond donors (Lipinski definition) is 4. The summed E-state index contributed by atoms with van der Waals surface area (Å²) in [5.41, 5.74) is 3.89. The molecule has 0 atom stereocenters. The van der Waals surface area contributed by atoms with Gasteiger partial charge in [-0.3, -0.25) is 18.5 Å². The number of hydrogen-bond acceptors (Lipinski definition) is 13. The van der Waals surface area contributed by atoms with E-state index in [0.29, 0.717) is 70.2 Å². The highest BCUT2D eigenvalue weighted by molar-refractivity contribution is 8.14. The molecule has 0 radical (unpaired) electrons. The highest BCUT2D eigenvalue weighted by atomic mass is 32.2. The molecule has 15 nitrogen and oxygen atoms in total. The topological polar surface area (TPSA) is 201 Å². The lowest BCUT2D eigenvalue weighted by molar-refractivity contribution is 0.262. The quantitative estimate of drug-likeness (QED) is 0.0556. The zero-order valence-electron chi connectivity index (χ0n) is 31.4. The zero-order chi connectivity index (χ0) is 41.5. The first-order chi connectivity index (χ1) is 27.0. The number of ether oxygens (including phenoxy) is 2. The van der Waals surface area contributed by atoms with E-state index in [4.69, 9.17) is 14.5 Å². The van der Waals surface area contributed by atoms with Crippen LogP contribution in [0.4, 0.5) is 26.2 Å². The number of phenolic OH excluding ortho intramolecular Hbond substituents is 1. The number of aromatic nitrogens is 2. The van der Waals surface area contributed by atoms with Crippen molar-refractivity contribution in [3.63, 3.8) is 0 Å². The molecule has 4 N–H and O–H groups in total. The molecule has 304 valence electrons. The Bertz CT molecular complexity index is 2390. The van der Waals surface area contributed by atoms with Crippen LogP contribution < -0.4 is 24.0 Å². The summed E-state index contributed by atoms with van der Waals surface area (Å²) in [6.07, 6.45) is 0.